The van der Waals surface area contributed by atoms with Crippen LogP contribution in [0.25, 0.3) is 0 Å². The molecule has 1 unspecified atom stereocenters. The highest BCUT2D eigenvalue weighted by atomic mass is 35.5. The van der Waals surface area contributed by atoms with Crippen LogP contribution in [0.15, 0.2) is 36.5 Å². The highest BCUT2D eigenvalue weighted by Crippen LogP contribution is 2.40. The number of urea groups is 1. The summed E-state index contributed by atoms with van der Waals surface area (Å²) < 4.78 is 44.4. The van der Waals surface area contributed by atoms with Crippen LogP contribution in [0.1, 0.15) is 23.6 Å². The zero-order chi connectivity index (χ0) is 21.3. The molecule has 1 saturated heterocycles. The van der Waals surface area contributed by atoms with Crippen LogP contribution in [0.5, 0.6) is 5.75 Å². The minimum atomic E-state index is -4.40. The third-order valence-electron chi connectivity index (χ3n) is 5.35. The van der Waals surface area contributed by atoms with Gasteiger partial charge in [-0.05, 0) is 24.3 Å². The number of benzene rings is 1. The molecule has 2 aliphatic heterocycles. The molecule has 1 atom stereocenters. The van der Waals surface area contributed by atoms with E-state index in [2.05, 4.69) is 15.2 Å². The summed E-state index contributed by atoms with van der Waals surface area (Å²) in [4.78, 5) is 20.4. The fourth-order valence-electron chi connectivity index (χ4n) is 3.80. The van der Waals surface area contributed by atoms with Gasteiger partial charge in [-0.15, -0.1) is 0 Å². The second-order valence-electron chi connectivity index (χ2n) is 7.22. The van der Waals surface area contributed by atoms with Crippen molar-refractivity contribution in [2.45, 2.75) is 18.6 Å². The van der Waals surface area contributed by atoms with Gasteiger partial charge < -0.3 is 9.64 Å². The standard InChI is InChI=1S/C20H20ClF3N4O2/c21-14-2-4-18(25-12-14)26-19(29)28-8-6-27(7-9-28)16-5-10-30-17-11-13(20(22,23)24)1-3-15(16)17/h1-4,11-12,16H,5-10H2,(H,25,26,29). The Morgan fingerprint density at radius 2 is 1.93 bits per heavy atom. The number of halogens is 4. The normalized spacial score (nSPS) is 19.7. The van der Waals surface area contributed by atoms with E-state index in [-0.39, 0.29) is 17.8 Å². The number of nitrogens with zero attached hydrogens (tertiary/aromatic N) is 3. The summed E-state index contributed by atoms with van der Waals surface area (Å²) in [7, 11) is 0. The van der Waals surface area contributed by atoms with Gasteiger partial charge in [-0.25, -0.2) is 9.78 Å². The molecule has 1 N–H and O–H groups in total. The average Bonchev–Trinajstić information content (AvgIpc) is 2.74. The molecule has 1 aromatic heterocycles. The molecule has 6 nitrogen and oxygen atoms in total. The zero-order valence-electron chi connectivity index (χ0n) is 16.0. The fourth-order valence-corrected chi connectivity index (χ4v) is 3.91. The largest absolute Gasteiger partial charge is 0.493 e. The molecule has 0 bridgehead atoms. The van der Waals surface area contributed by atoms with Crippen molar-refractivity contribution < 1.29 is 22.7 Å². The first kappa shape index (κ1) is 20.7. The lowest BCUT2D eigenvalue weighted by Crippen LogP contribution is -2.51. The number of fused-ring (bicyclic) bond motifs is 1. The summed E-state index contributed by atoms with van der Waals surface area (Å²) in [6.07, 6.45) is -2.25. The van der Waals surface area contributed by atoms with Gasteiger partial charge >= 0.3 is 12.2 Å². The molecule has 2 aliphatic rings. The Balaban J connectivity index is 1.39. The predicted molar refractivity (Wildman–Crippen MR) is 106 cm³/mol. The van der Waals surface area contributed by atoms with Gasteiger partial charge in [0, 0.05) is 50.4 Å². The molecule has 160 valence electrons. The average molecular weight is 441 g/mol. The number of nitrogens with one attached hydrogen (secondary N) is 1. The summed E-state index contributed by atoms with van der Waals surface area (Å²) in [5.74, 6) is 0.709. The monoisotopic (exact) mass is 440 g/mol. The molecule has 3 heterocycles. The number of hydrogen-bond acceptors (Lipinski definition) is 4. The molecule has 4 rings (SSSR count). The zero-order valence-corrected chi connectivity index (χ0v) is 16.7. The number of anilines is 1. The van der Waals surface area contributed by atoms with Gasteiger partial charge in [0.25, 0.3) is 0 Å². The SMILES string of the molecule is O=C(Nc1ccc(Cl)cn1)N1CCN(C2CCOc3cc(C(F)(F)F)ccc32)CC1. The first-order chi connectivity index (χ1) is 14.3. The van der Waals surface area contributed by atoms with Crippen molar-refractivity contribution in [2.75, 3.05) is 38.1 Å². The molecule has 0 radical (unpaired) electrons. The smallest absolute Gasteiger partial charge is 0.416 e. The van der Waals surface area contributed by atoms with Crippen molar-refractivity contribution in [2.24, 2.45) is 0 Å². The van der Waals surface area contributed by atoms with Crippen molar-refractivity contribution in [3.05, 3.63) is 52.7 Å². The summed E-state index contributed by atoms with van der Waals surface area (Å²) in [6, 6.07) is 6.69. The Kier molecular flexibility index (Phi) is 5.75. The molecule has 1 aromatic carbocycles. The maximum absolute atomic E-state index is 13.0. The number of piperazine rings is 1. The second kappa shape index (κ2) is 8.31. The van der Waals surface area contributed by atoms with Crippen molar-refractivity contribution in [1.82, 2.24) is 14.8 Å². The molecule has 1 fully saturated rings. The Labute approximate surface area is 176 Å². The summed E-state index contributed by atoms with van der Waals surface area (Å²) in [5, 5.41) is 3.23. The number of amides is 2. The van der Waals surface area contributed by atoms with Crippen molar-refractivity contribution >= 4 is 23.4 Å². The van der Waals surface area contributed by atoms with Crippen LogP contribution in [0.4, 0.5) is 23.8 Å². The number of alkyl halides is 3. The van der Waals surface area contributed by atoms with E-state index in [0.29, 0.717) is 50.0 Å². The van der Waals surface area contributed by atoms with E-state index in [1.165, 1.54) is 12.3 Å². The Morgan fingerprint density at radius 1 is 1.17 bits per heavy atom. The molecular weight excluding hydrogens is 421 g/mol. The van der Waals surface area contributed by atoms with Gasteiger partial charge in [0.2, 0.25) is 0 Å². The number of rotatable bonds is 2. The van der Waals surface area contributed by atoms with E-state index in [1.807, 2.05) is 0 Å². The second-order valence-corrected chi connectivity index (χ2v) is 7.65. The van der Waals surface area contributed by atoms with Gasteiger partial charge in [-0.3, -0.25) is 10.2 Å². The Bertz CT molecular complexity index is 915. The first-order valence-corrected chi connectivity index (χ1v) is 9.94. The lowest BCUT2D eigenvalue weighted by molar-refractivity contribution is -0.137. The molecule has 0 spiro atoms. The lowest BCUT2D eigenvalue weighted by atomic mass is 9.96. The van der Waals surface area contributed by atoms with Crippen molar-refractivity contribution in [3.63, 3.8) is 0 Å². The predicted octanol–water partition coefficient (Wildman–Crippen LogP) is 4.43. The van der Waals surface area contributed by atoms with Gasteiger partial charge in [0.15, 0.2) is 0 Å². The van der Waals surface area contributed by atoms with Crippen LogP contribution >= 0.6 is 11.6 Å². The van der Waals surface area contributed by atoms with E-state index in [9.17, 15) is 18.0 Å². The number of ether oxygens (including phenoxy) is 1. The van der Waals surface area contributed by atoms with Gasteiger partial charge in [-0.2, -0.15) is 13.2 Å². The number of carbonyl (C=O) groups excluding carboxylic acids is 1. The van der Waals surface area contributed by atoms with Gasteiger partial charge in [-0.1, -0.05) is 17.7 Å². The quantitative estimate of drug-likeness (QED) is 0.750. The molecule has 0 saturated carbocycles. The highest BCUT2D eigenvalue weighted by molar-refractivity contribution is 6.30. The van der Waals surface area contributed by atoms with E-state index in [0.717, 1.165) is 17.7 Å². The minimum Gasteiger partial charge on any atom is -0.493 e. The Morgan fingerprint density at radius 3 is 2.60 bits per heavy atom. The Hall–Kier alpha value is -2.52. The van der Waals surface area contributed by atoms with Crippen LogP contribution in [-0.4, -0.2) is 53.6 Å². The third kappa shape index (κ3) is 4.46. The number of aromatic nitrogens is 1. The van der Waals surface area contributed by atoms with E-state index >= 15 is 0 Å². The number of hydrogen-bond donors (Lipinski definition) is 1. The van der Waals surface area contributed by atoms with E-state index < -0.39 is 11.7 Å². The topological polar surface area (TPSA) is 57.7 Å². The summed E-state index contributed by atoms with van der Waals surface area (Å²) in [5.41, 5.74) is 0.0525. The molecule has 10 heteroatoms. The third-order valence-corrected chi connectivity index (χ3v) is 5.58. The van der Waals surface area contributed by atoms with E-state index in [1.54, 1.807) is 17.0 Å². The van der Waals surface area contributed by atoms with Crippen LogP contribution in [0.2, 0.25) is 5.02 Å². The van der Waals surface area contributed by atoms with Crippen LogP contribution < -0.4 is 10.1 Å². The van der Waals surface area contributed by atoms with Crippen molar-refractivity contribution in [3.8, 4) is 5.75 Å². The minimum absolute atomic E-state index is 0.0285. The molecule has 0 aliphatic carbocycles. The first-order valence-electron chi connectivity index (χ1n) is 9.57. The van der Waals surface area contributed by atoms with Crippen molar-refractivity contribution in [1.29, 1.82) is 0 Å². The number of carbonyl (C=O) groups is 1. The molecular formula is C20H20ClF3N4O2. The van der Waals surface area contributed by atoms with Gasteiger partial charge in [0.1, 0.15) is 11.6 Å². The maximum atomic E-state index is 13.0. The van der Waals surface area contributed by atoms with Crippen LogP contribution in [0.3, 0.4) is 0 Å². The molecule has 2 aromatic rings. The summed E-state index contributed by atoms with van der Waals surface area (Å²) >= 11 is 5.80. The van der Waals surface area contributed by atoms with Gasteiger partial charge in [0.05, 0.1) is 17.2 Å². The van der Waals surface area contributed by atoms with Crippen LogP contribution in [-0.2, 0) is 6.18 Å². The number of pyridine rings is 1. The lowest BCUT2D eigenvalue weighted by Gasteiger charge is -2.41. The highest BCUT2D eigenvalue weighted by Gasteiger charge is 2.35. The van der Waals surface area contributed by atoms with E-state index in [4.69, 9.17) is 16.3 Å². The maximum Gasteiger partial charge on any atom is 0.416 e. The van der Waals surface area contributed by atoms with Crippen LogP contribution in [0, 0.1) is 0 Å². The summed E-state index contributed by atoms with van der Waals surface area (Å²) in [6.45, 7) is 2.61. The fraction of sp³-hybridized carbons (Fsp3) is 0.400. The molecule has 30 heavy (non-hydrogen) atoms. The molecule has 2 amide bonds.